The molecule has 0 atom stereocenters. The van der Waals surface area contributed by atoms with Gasteiger partial charge in [0, 0.05) is 0 Å². The molecule has 2 heterocycles. The van der Waals surface area contributed by atoms with E-state index in [1.54, 1.807) is 17.5 Å². The van der Waals surface area contributed by atoms with Crippen LogP contribution in [0.1, 0.15) is 15.4 Å². The molecule has 0 aromatic carbocycles. The first-order valence-corrected chi connectivity index (χ1v) is 8.28. The Morgan fingerprint density at radius 3 is 2.45 bits per heavy atom. The molecule has 0 fully saturated rings. The van der Waals surface area contributed by atoms with Gasteiger partial charge in [-0.15, -0.1) is 11.3 Å². The predicted molar refractivity (Wildman–Crippen MR) is 89.3 cm³/mol. The molecular formula is C12H6Cl5NO3S. The molecular weight excluding hydrogens is 415 g/mol. The van der Waals surface area contributed by atoms with E-state index in [9.17, 15) is 4.79 Å². The number of hydrogen-bond donors (Lipinski definition) is 0. The average molecular weight is 422 g/mol. The number of pyridine rings is 1. The number of ether oxygens (including phenoxy) is 2. The average Bonchev–Trinajstić information content (AvgIpc) is 2.96. The van der Waals surface area contributed by atoms with Crippen LogP contribution in [0.4, 0.5) is 0 Å². The predicted octanol–water partition coefficient (Wildman–Crippen LogP) is 5.50. The van der Waals surface area contributed by atoms with E-state index in [1.165, 1.54) is 18.4 Å². The topological polar surface area (TPSA) is 48.4 Å². The number of methoxy groups -OCH3 is 1. The van der Waals surface area contributed by atoms with Crippen LogP contribution in [0.3, 0.4) is 0 Å². The van der Waals surface area contributed by atoms with Crippen molar-refractivity contribution in [2.45, 2.75) is 3.79 Å². The molecule has 0 bridgehead atoms. The van der Waals surface area contributed by atoms with Crippen LogP contribution in [0.2, 0.25) is 10.0 Å². The summed E-state index contributed by atoms with van der Waals surface area (Å²) in [6.45, 7) is 0. The van der Waals surface area contributed by atoms with E-state index in [4.69, 9.17) is 67.5 Å². The quantitative estimate of drug-likeness (QED) is 0.485. The van der Waals surface area contributed by atoms with Crippen LogP contribution in [0.25, 0.3) is 0 Å². The molecule has 10 heteroatoms. The highest BCUT2D eigenvalue weighted by Crippen LogP contribution is 2.48. The van der Waals surface area contributed by atoms with Crippen LogP contribution in [0, 0.1) is 0 Å². The second kappa shape index (κ2) is 6.99. The van der Waals surface area contributed by atoms with Crippen molar-refractivity contribution in [1.82, 2.24) is 4.98 Å². The van der Waals surface area contributed by atoms with E-state index < -0.39 is 9.76 Å². The van der Waals surface area contributed by atoms with Crippen molar-refractivity contribution in [3.05, 3.63) is 38.1 Å². The number of nitrogens with zero attached hydrogens (tertiary/aromatic N) is 1. The Kier molecular flexibility index (Phi) is 5.69. The summed E-state index contributed by atoms with van der Waals surface area (Å²) < 4.78 is 8.25. The largest absolute Gasteiger partial charge is 0.480 e. The normalized spacial score (nSPS) is 11.4. The number of rotatable bonds is 3. The fourth-order valence-electron chi connectivity index (χ4n) is 1.45. The highest BCUT2D eigenvalue weighted by molar-refractivity contribution is 7.12. The second-order valence-electron chi connectivity index (χ2n) is 3.79. The minimum atomic E-state index is -1.95. The third-order valence-corrected chi connectivity index (χ3v) is 4.46. The second-order valence-corrected chi connectivity index (χ2v) is 7.78. The summed E-state index contributed by atoms with van der Waals surface area (Å²) in [4.78, 5) is 16.3. The lowest BCUT2D eigenvalue weighted by atomic mass is 10.3. The third-order valence-electron chi connectivity index (χ3n) is 2.39. The molecule has 22 heavy (non-hydrogen) atoms. The lowest BCUT2D eigenvalue weighted by Crippen LogP contribution is -2.12. The summed E-state index contributed by atoms with van der Waals surface area (Å²) in [5.41, 5.74) is -0.158. The van der Waals surface area contributed by atoms with E-state index in [2.05, 4.69) is 4.98 Å². The Bertz CT molecular complexity index is 700. The van der Waals surface area contributed by atoms with Gasteiger partial charge in [-0.05, 0) is 11.4 Å². The molecule has 2 aromatic rings. The van der Waals surface area contributed by atoms with Gasteiger partial charge >= 0.3 is 5.97 Å². The summed E-state index contributed by atoms with van der Waals surface area (Å²) in [7, 11) is 1.31. The van der Waals surface area contributed by atoms with Crippen molar-refractivity contribution in [1.29, 1.82) is 0 Å². The lowest BCUT2D eigenvalue weighted by molar-refractivity contribution is 0.0739. The maximum Gasteiger partial charge on any atom is 0.353 e. The van der Waals surface area contributed by atoms with Gasteiger partial charge in [-0.25, -0.2) is 9.78 Å². The molecule has 0 aliphatic carbocycles. The third kappa shape index (κ3) is 3.72. The molecule has 0 unspecified atom stereocenters. The van der Waals surface area contributed by atoms with E-state index in [-0.39, 0.29) is 27.4 Å². The molecule has 118 valence electrons. The minimum absolute atomic E-state index is 0.0821. The molecule has 4 nitrogen and oxygen atoms in total. The number of aromatic nitrogens is 1. The molecule has 0 aliphatic rings. The number of halogens is 5. The molecule has 0 amide bonds. The molecule has 0 spiro atoms. The summed E-state index contributed by atoms with van der Waals surface area (Å²) in [6.07, 6.45) is 0. The summed E-state index contributed by atoms with van der Waals surface area (Å²) in [5.74, 6) is -0.918. The van der Waals surface area contributed by atoms with Gasteiger partial charge in [0.25, 0.3) is 0 Å². The Hall–Kier alpha value is -0.430. The van der Waals surface area contributed by atoms with Gasteiger partial charge in [0.15, 0.2) is 5.75 Å². The van der Waals surface area contributed by atoms with Crippen LogP contribution in [-0.2, 0) is 3.79 Å². The highest BCUT2D eigenvalue weighted by Gasteiger charge is 2.33. The number of esters is 1. The Labute approximate surface area is 154 Å². The number of carbonyl (C=O) groups excluding carboxylic acids is 1. The Morgan fingerprint density at radius 1 is 1.27 bits per heavy atom. The van der Waals surface area contributed by atoms with Crippen LogP contribution in [0.5, 0.6) is 11.6 Å². The maximum absolute atomic E-state index is 12.1. The molecule has 2 aromatic heterocycles. The molecule has 0 N–H and O–H groups in total. The van der Waals surface area contributed by atoms with Crippen molar-refractivity contribution >= 4 is 75.3 Å². The van der Waals surface area contributed by atoms with Crippen LogP contribution >= 0.6 is 69.3 Å². The smallest absolute Gasteiger partial charge is 0.353 e. The number of hydrogen-bond acceptors (Lipinski definition) is 5. The van der Waals surface area contributed by atoms with E-state index in [1.807, 2.05) is 0 Å². The van der Waals surface area contributed by atoms with Crippen molar-refractivity contribution in [3.8, 4) is 11.6 Å². The van der Waals surface area contributed by atoms with Gasteiger partial charge in [-0.1, -0.05) is 64.1 Å². The molecule has 0 saturated carbocycles. The zero-order valence-corrected chi connectivity index (χ0v) is 15.3. The summed E-state index contributed by atoms with van der Waals surface area (Å²) >= 11 is 30.8. The van der Waals surface area contributed by atoms with Gasteiger partial charge in [0.2, 0.25) is 9.67 Å². The Morgan fingerprint density at radius 2 is 1.95 bits per heavy atom. The summed E-state index contributed by atoms with van der Waals surface area (Å²) in [5, 5.41) is 1.44. The van der Waals surface area contributed by atoms with E-state index in [0.717, 1.165) is 0 Å². The lowest BCUT2D eigenvalue weighted by Gasteiger charge is -2.17. The number of thiophene rings is 1. The highest BCUT2D eigenvalue weighted by atomic mass is 35.6. The van der Waals surface area contributed by atoms with E-state index >= 15 is 0 Å². The maximum atomic E-state index is 12.1. The summed E-state index contributed by atoms with van der Waals surface area (Å²) in [6, 6.07) is 3.29. The van der Waals surface area contributed by atoms with Gasteiger partial charge in [0.05, 0.1) is 7.11 Å². The minimum Gasteiger partial charge on any atom is -0.480 e. The van der Waals surface area contributed by atoms with Gasteiger partial charge in [0.1, 0.15) is 20.6 Å². The standard InChI is InChI=1S/C12H6Cl5NO3S/c1-20-10-7(14)8(6(13)9(18-10)12(15,16)17)21-11(19)5-3-2-4-22-5/h2-4H,1H3. The molecule has 2 rings (SSSR count). The monoisotopic (exact) mass is 419 g/mol. The first-order chi connectivity index (χ1) is 10.3. The van der Waals surface area contributed by atoms with Crippen molar-refractivity contribution in [2.24, 2.45) is 0 Å². The molecule has 0 saturated heterocycles. The molecule has 0 aliphatic heterocycles. The van der Waals surface area contributed by atoms with E-state index in [0.29, 0.717) is 4.88 Å². The van der Waals surface area contributed by atoms with Crippen LogP contribution < -0.4 is 9.47 Å². The zero-order valence-electron chi connectivity index (χ0n) is 10.7. The van der Waals surface area contributed by atoms with Gasteiger partial charge < -0.3 is 9.47 Å². The van der Waals surface area contributed by atoms with Crippen molar-refractivity contribution < 1.29 is 14.3 Å². The number of alkyl halides is 3. The Balaban J connectivity index is 2.52. The van der Waals surface area contributed by atoms with Gasteiger partial charge in [-0.3, -0.25) is 0 Å². The molecule has 0 radical (unpaired) electrons. The van der Waals surface area contributed by atoms with Crippen LogP contribution in [0.15, 0.2) is 17.5 Å². The van der Waals surface area contributed by atoms with Crippen molar-refractivity contribution in [3.63, 3.8) is 0 Å². The SMILES string of the molecule is COc1nc(C(Cl)(Cl)Cl)c(Cl)c(OC(=O)c2cccs2)c1Cl. The fourth-order valence-corrected chi connectivity index (χ4v) is 3.22. The fraction of sp³-hybridized carbons (Fsp3) is 0.167. The van der Waals surface area contributed by atoms with Crippen LogP contribution in [-0.4, -0.2) is 18.1 Å². The first-order valence-electron chi connectivity index (χ1n) is 5.51. The first kappa shape index (κ1) is 17.9. The number of carbonyl (C=O) groups is 1. The van der Waals surface area contributed by atoms with Gasteiger partial charge in [-0.2, -0.15) is 0 Å². The zero-order chi connectivity index (χ0) is 16.5. The van der Waals surface area contributed by atoms with Crippen molar-refractivity contribution in [2.75, 3.05) is 7.11 Å².